The fraction of sp³-hybridized carbons (Fsp3) is 0.480. The molecule has 0 radical (unpaired) electrons. The van der Waals surface area contributed by atoms with E-state index in [1.807, 2.05) is 43.3 Å². The molecule has 0 unspecified atom stereocenters. The van der Waals surface area contributed by atoms with Gasteiger partial charge in [0.25, 0.3) is 0 Å². The predicted octanol–water partition coefficient (Wildman–Crippen LogP) is 2.33. The van der Waals surface area contributed by atoms with Crippen LogP contribution in [0.25, 0.3) is 0 Å². The third-order valence-electron chi connectivity index (χ3n) is 7.36. The number of nitrogens with one attached hydrogen (secondary N) is 2. The number of ether oxygens (including phenoxy) is 1. The maximum Gasteiger partial charge on any atom is 0.246 e. The SMILES string of the molecule is C=CCN1C(=O)[C@@H]2[C@@H](C(=O)Nc3ccccc3C)[C@H]3C=C[C@@]2(O3)[C@@H]1C(=O)NC1CCCC1. The third-order valence-corrected chi connectivity index (χ3v) is 7.36. The summed E-state index contributed by atoms with van der Waals surface area (Å²) >= 11 is 0. The maximum absolute atomic E-state index is 13.6. The molecular weight excluding hydrogens is 406 g/mol. The number of amides is 3. The van der Waals surface area contributed by atoms with Crippen LogP contribution in [0.15, 0.2) is 49.1 Å². The molecule has 5 atom stereocenters. The molecule has 3 fully saturated rings. The van der Waals surface area contributed by atoms with Crippen LogP contribution in [0.3, 0.4) is 0 Å². The molecule has 1 aromatic rings. The number of nitrogens with zero attached hydrogens (tertiary/aromatic N) is 1. The van der Waals surface area contributed by atoms with Gasteiger partial charge in [0.1, 0.15) is 11.6 Å². The van der Waals surface area contributed by atoms with Gasteiger partial charge in [-0.3, -0.25) is 14.4 Å². The Labute approximate surface area is 187 Å². The molecule has 7 heteroatoms. The lowest BCUT2D eigenvalue weighted by atomic mass is 9.74. The first-order chi connectivity index (χ1) is 15.5. The number of benzene rings is 1. The van der Waals surface area contributed by atoms with Crippen molar-refractivity contribution in [2.24, 2.45) is 11.8 Å². The van der Waals surface area contributed by atoms with Crippen molar-refractivity contribution < 1.29 is 19.1 Å². The van der Waals surface area contributed by atoms with Crippen molar-refractivity contribution in [2.45, 2.75) is 56.4 Å². The summed E-state index contributed by atoms with van der Waals surface area (Å²) in [5, 5.41) is 6.10. The molecular formula is C25H29N3O4. The second-order valence-electron chi connectivity index (χ2n) is 9.27. The van der Waals surface area contributed by atoms with Crippen LogP contribution in [0, 0.1) is 18.8 Å². The molecule has 5 rings (SSSR count). The molecule has 32 heavy (non-hydrogen) atoms. The van der Waals surface area contributed by atoms with Crippen LogP contribution in [0.5, 0.6) is 0 Å². The van der Waals surface area contributed by atoms with Crippen LogP contribution in [0.2, 0.25) is 0 Å². The average Bonchev–Trinajstić information content (AvgIpc) is 3.53. The second kappa shape index (κ2) is 7.89. The summed E-state index contributed by atoms with van der Waals surface area (Å²) in [5.74, 6) is -2.12. The zero-order chi connectivity index (χ0) is 22.5. The van der Waals surface area contributed by atoms with Crippen molar-refractivity contribution in [1.82, 2.24) is 10.2 Å². The first-order valence-corrected chi connectivity index (χ1v) is 11.4. The predicted molar refractivity (Wildman–Crippen MR) is 120 cm³/mol. The molecule has 3 amide bonds. The quantitative estimate of drug-likeness (QED) is 0.672. The zero-order valence-electron chi connectivity index (χ0n) is 18.3. The number of hydrogen-bond acceptors (Lipinski definition) is 4. The van der Waals surface area contributed by atoms with E-state index in [4.69, 9.17) is 4.74 Å². The Bertz CT molecular complexity index is 999. The Kier molecular flexibility index (Phi) is 5.16. The van der Waals surface area contributed by atoms with Gasteiger partial charge in [0, 0.05) is 18.3 Å². The average molecular weight is 436 g/mol. The lowest BCUT2D eigenvalue weighted by Gasteiger charge is -2.32. The summed E-state index contributed by atoms with van der Waals surface area (Å²) in [4.78, 5) is 41.8. The zero-order valence-corrected chi connectivity index (χ0v) is 18.3. The summed E-state index contributed by atoms with van der Waals surface area (Å²) in [7, 11) is 0. The molecule has 1 spiro atoms. The number of aryl methyl sites for hydroxylation is 1. The standard InChI is InChI=1S/C25H29N3O4/c1-3-14-28-21(23(30)26-16-9-5-6-10-16)25-13-12-18(32-25)19(20(25)24(28)31)22(29)27-17-11-7-4-8-15(17)2/h3-4,7-8,11-13,16,18-21H,1,5-6,9-10,14H2,2H3,(H,26,30)(H,27,29)/t18-,19+,20+,21+,25+/m1/s1. The molecule has 0 aromatic heterocycles. The highest BCUT2D eigenvalue weighted by Gasteiger charge is 2.72. The van der Waals surface area contributed by atoms with Gasteiger partial charge >= 0.3 is 0 Å². The van der Waals surface area contributed by atoms with Gasteiger partial charge in [-0.1, -0.05) is 49.3 Å². The highest BCUT2D eigenvalue weighted by Crippen LogP contribution is 2.55. The van der Waals surface area contributed by atoms with Gasteiger partial charge < -0.3 is 20.3 Å². The van der Waals surface area contributed by atoms with Gasteiger partial charge in [-0.2, -0.15) is 0 Å². The van der Waals surface area contributed by atoms with Crippen molar-refractivity contribution in [3.8, 4) is 0 Å². The molecule has 2 saturated heterocycles. The monoisotopic (exact) mass is 435 g/mol. The smallest absolute Gasteiger partial charge is 0.246 e. The summed E-state index contributed by atoms with van der Waals surface area (Å²) in [5.41, 5.74) is 0.526. The van der Waals surface area contributed by atoms with E-state index in [9.17, 15) is 14.4 Å². The molecule has 2 bridgehead atoms. The number of rotatable bonds is 6. The number of anilines is 1. The first-order valence-electron chi connectivity index (χ1n) is 11.4. The van der Waals surface area contributed by atoms with E-state index in [0.29, 0.717) is 5.69 Å². The van der Waals surface area contributed by atoms with Gasteiger partial charge in [0.15, 0.2) is 0 Å². The van der Waals surface area contributed by atoms with Crippen molar-refractivity contribution >= 4 is 23.4 Å². The van der Waals surface area contributed by atoms with Crippen LogP contribution < -0.4 is 10.6 Å². The minimum atomic E-state index is -1.12. The lowest BCUT2D eigenvalue weighted by molar-refractivity contribution is -0.140. The minimum absolute atomic E-state index is 0.126. The maximum atomic E-state index is 13.6. The van der Waals surface area contributed by atoms with Crippen molar-refractivity contribution in [3.63, 3.8) is 0 Å². The molecule has 1 aliphatic carbocycles. The number of para-hydroxylation sites is 1. The van der Waals surface area contributed by atoms with Crippen molar-refractivity contribution in [1.29, 1.82) is 0 Å². The fourth-order valence-corrected chi connectivity index (χ4v) is 5.88. The number of fused-ring (bicyclic) bond motifs is 1. The topological polar surface area (TPSA) is 87.7 Å². The van der Waals surface area contributed by atoms with E-state index >= 15 is 0 Å². The van der Waals surface area contributed by atoms with Crippen LogP contribution in [-0.2, 0) is 19.1 Å². The van der Waals surface area contributed by atoms with E-state index in [1.54, 1.807) is 6.08 Å². The van der Waals surface area contributed by atoms with E-state index in [2.05, 4.69) is 17.2 Å². The molecule has 3 aliphatic heterocycles. The first kappa shape index (κ1) is 20.9. The van der Waals surface area contributed by atoms with Crippen LogP contribution >= 0.6 is 0 Å². The molecule has 4 aliphatic rings. The highest BCUT2D eigenvalue weighted by molar-refractivity contribution is 6.03. The van der Waals surface area contributed by atoms with Crippen molar-refractivity contribution in [3.05, 3.63) is 54.6 Å². The number of hydrogen-bond donors (Lipinski definition) is 2. The van der Waals surface area contributed by atoms with Gasteiger partial charge in [0.05, 0.1) is 17.9 Å². The molecule has 1 aromatic carbocycles. The number of carbonyl (C=O) groups excluding carboxylic acids is 3. The van der Waals surface area contributed by atoms with Crippen molar-refractivity contribution in [2.75, 3.05) is 11.9 Å². The Balaban J connectivity index is 1.45. The van der Waals surface area contributed by atoms with Gasteiger partial charge in [-0.25, -0.2) is 0 Å². The molecule has 3 heterocycles. The van der Waals surface area contributed by atoms with E-state index in [1.165, 1.54) is 4.90 Å². The molecule has 168 valence electrons. The molecule has 7 nitrogen and oxygen atoms in total. The van der Waals surface area contributed by atoms with Crippen LogP contribution in [-0.4, -0.2) is 53.0 Å². The summed E-state index contributed by atoms with van der Waals surface area (Å²) < 4.78 is 6.30. The summed E-state index contributed by atoms with van der Waals surface area (Å²) in [6.07, 6.45) is 8.84. The van der Waals surface area contributed by atoms with Gasteiger partial charge in [-0.15, -0.1) is 6.58 Å². The van der Waals surface area contributed by atoms with Crippen LogP contribution in [0.4, 0.5) is 5.69 Å². The Morgan fingerprint density at radius 2 is 2.00 bits per heavy atom. The summed E-state index contributed by atoms with van der Waals surface area (Å²) in [6.45, 7) is 5.92. The van der Waals surface area contributed by atoms with E-state index < -0.39 is 29.6 Å². The lowest BCUT2D eigenvalue weighted by Crippen LogP contribution is -2.56. The minimum Gasteiger partial charge on any atom is -0.359 e. The molecule has 2 N–H and O–H groups in total. The number of likely N-dealkylation sites (tertiary alicyclic amines) is 1. The Morgan fingerprint density at radius 3 is 2.72 bits per heavy atom. The Hall–Kier alpha value is -2.93. The molecule has 1 saturated carbocycles. The highest BCUT2D eigenvalue weighted by atomic mass is 16.5. The largest absolute Gasteiger partial charge is 0.359 e. The van der Waals surface area contributed by atoms with E-state index in [0.717, 1.165) is 31.2 Å². The second-order valence-corrected chi connectivity index (χ2v) is 9.27. The summed E-state index contributed by atoms with van der Waals surface area (Å²) in [6, 6.07) is 6.84. The van der Waals surface area contributed by atoms with Crippen LogP contribution in [0.1, 0.15) is 31.2 Å². The van der Waals surface area contributed by atoms with Gasteiger partial charge in [0.2, 0.25) is 17.7 Å². The van der Waals surface area contributed by atoms with E-state index in [-0.39, 0.29) is 30.3 Å². The van der Waals surface area contributed by atoms with Gasteiger partial charge in [-0.05, 0) is 31.4 Å². The number of carbonyl (C=O) groups is 3. The normalized spacial score (nSPS) is 32.9. The Morgan fingerprint density at radius 1 is 1.25 bits per heavy atom. The fourth-order valence-electron chi connectivity index (χ4n) is 5.88. The third kappa shape index (κ3) is 3.10.